The van der Waals surface area contributed by atoms with Gasteiger partial charge in [-0.05, 0) is 98.9 Å². The van der Waals surface area contributed by atoms with Crippen LogP contribution in [0.3, 0.4) is 0 Å². The highest BCUT2D eigenvalue weighted by atomic mass is 16.2. The van der Waals surface area contributed by atoms with Crippen molar-refractivity contribution >= 4 is 45.4 Å². The van der Waals surface area contributed by atoms with Crippen molar-refractivity contribution in [3.63, 3.8) is 0 Å². The van der Waals surface area contributed by atoms with E-state index in [1.807, 2.05) is 6.08 Å². The standard InChI is InChI=1S/C38H48N4O/c1-9-23-30(21-22-43)36-27(13-5)33-19-17-31(39-33)26(12-4)32-18-20-34(40-32)28(14-6)37-24(10-2)25(11-3)38(42(37)16-8)29(15-7)35(23)41-36/h17-22,39,43H,9-16H2,1-8H3. The molecule has 0 amide bonds. The van der Waals surface area contributed by atoms with Crippen LogP contribution in [-0.2, 0) is 45.1 Å². The predicted molar refractivity (Wildman–Crippen MR) is 184 cm³/mol. The molecule has 5 nitrogen and oxygen atoms in total. The maximum Gasteiger partial charge on any atom is 0.0798 e. The number of aliphatic hydroxyl groups excluding tert-OH is 1. The first-order chi connectivity index (χ1) is 21.0. The Bertz CT molecular complexity index is 1810. The summed E-state index contributed by atoms with van der Waals surface area (Å²) in [5.74, 6) is 0. The van der Waals surface area contributed by atoms with Crippen molar-refractivity contribution in [3.8, 4) is 0 Å². The van der Waals surface area contributed by atoms with E-state index in [4.69, 9.17) is 9.97 Å². The van der Waals surface area contributed by atoms with Gasteiger partial charge in [0.25, 0.3) is 0 Å². The van der Waals surface area contributed by atoms with Crippen molar-refractivity contribution in [2.24, 2.45) is 0 Å². The average Bonchev–Trinajstić information content (AvgIpc) is 3.81. The molecule has 5 heteroatoms. The van der Waals surface area contributed by atoms with Crippen molar-refractivity contribution in [1.29, 1.82) is 0 Å². The highest BCUT2D eigenvalue weighted by molar-refractivity contribution is 6.00. The molecule has 0 saturated heterocycles. The van der Waals surface area contributed by atoms with Crippen LogP contribution < -0.4 is 0 Å². The van der Waals surface area contributed by atoms with Crippen LogP contribution in [0.1, 0.15) is 118 Å². The molecule has 0 fully saturated rings. The molecule has 0 aromatic carbocycles. The molecule has 8 bridgehead atoms. The summed E-state index contributed by atoms with van der Waals surface area (Å²) in [7, 11) is 0. The van der Waals surface area contributed by atoms with Crippen LogP contribution in [0.2, 0.25) is 0 Å². The lowest BCUT2D eigenvalue weighted by Crippen LogP contribution is -2.02. The number of allylic oxidation sites excluding steroid dienone is 3. The molecule has 226 valence electrons. The lowest BCUT2D eigenvalue weighted by molar-refractivity contribution is 0.474. The second-order valence-electron chi connectivity index (χ2n) is 11.3. The highest BCUT2D eigenvalue weighted by Gasteiger charge is 2.26. The summed E-state index contributed by atoms with van der Waals surface area (Å²) in [4.78, 5) is 14.6. The van der Waals surface area contributed by atoms with Crippen LogP contribution in [0.15, 0.2) is 24.5 Å². The van der Waals surface area contributed by atoms with Crippen LogP contribution in [0, 0.1) is 0 Å². The molecule has 0 radical (unpaired) electrons. The normalized spacial score (nSPS) is 13.2. The maximum atomic E-state index is 10.1. The summed E-state index contributed by atoms with van der Waals surface area (Å²) in [5, 5.41) is 10.1. The van der Waals surface area contributed by atoms with Gasteiger partial charge in [-0.25, -0.2) is 9.97 Å². The Labute approximate surface area is 257 Å². The number of nitrogens with one attached hydrogen (secondary N) is 1. The fourth-order valence-corrected chi connectivity index (χ4v) is 7.45. The summed E-state index contributed by atoms with van der Waals surface area (Å²) < 4.78 is 2.57. The third kappa shape index (κ3) is 4.87. The number of aliphatic hydroxyl groups is 1. The number of aromatic nitrogens is 4. The molecule has 2 aliphatic rings. The summed E-state index contributed by atoms with van der Waals surface area (Å²) in [6.45, 7) is 18.9. The molecule has 0 unspecified atom stereocenters. The molecule has 43 heavy (non-hydrogen) atoms. The van der Waals surface area contributed by atoms with E-state index in [2.05, 4.69) is 89.2 Å². The van der Waals surface area contributed by atoms with Gasteiger partial charge in [0.1, 0.15) is 0 Å². The topological polar surface area (TPSA) is 66.7 Å². The fraction of sp³-hybridized carbons (Fsp3) is 0.421. The fourth-order valence-electron chi connectivity index (χ4n) is 7.45. The molecule has 0 atom stereocenters. The molecular weight excluding hydrogens is 528 g/mol. The Hall–Kier alpha value is -3.86. The van der Waals surface area contributed by atoms with E-state index in [-0.39, 0.29) is 0 Å². The van der Waals surface area contributed by atoms with Gasteiger partial charge in [-0.2, -0.15) is 0 Å². The lowest BCUT2D eigenvalue weighted by atomic mass is 9.95. The summed E-state index contributed by atoms with van der Waals surface area (Å²) >= 11 is 0. The number of hydrogen-bond acceptors (Lipinski definition) is 3. The minimum atomic E-state index is 0.817. The van der Waals surface area contributed by atoms with E-state index in [1.54, 1.807) is 0 Å². The number of fused-ring (bicyclic) bond motifs is 8. The van der Waals surface area contributed by atoms with Gasteiger partial charge in [-0.15, -0.1) is 0 Å². The Morgan fingerprint density at radius 2 is 1.16 bits per heavy atom. The smallest absolute Gasteiger partial charge is 0.0798 e. The van der Waals surface area contributed by atoms with Crippen LogP contribution in [0.5, 0.6) is 0 Å². The Morgan fingerprint density at radius 3 is 1.67 bits per heavy atom. The minimum Gasteiger partial charge on any atom is -0.516 e. The van der Waals surface area contributed by atoms with Crippen LogP contribution in [0.25, 0.3) is 45.4 Å². The molecule has 0 saturated carbocycles. The van der Waals surface area contributed by atoms with E-state index < -0.39 is 0 Å². The van der Waals surface area contributed by atoms with E-state index >= 15 is 0 Å². The highest BCUT2D eigenvalue weighted by Crippen LogP contribution is 2.41. The van der Waals surface area contributed by atoms with E-state index in [9.17, 15) is 5.11 Å². The zero-order valence-electron chi connectivity index (χ0n) is 27.4. The second kappa shape index (κ2) is 12.8. The molecule has 2 N–H and O–H groups in total. The monoisotopic (exact) mass is 576 g/mol. The SMILES string of the molecule is CCC1=C(C=CO)c2nc1c(CC)c1c(CC)c(CC)c(c(CC)c3nc(c(CC)c4ccc([nH]4)c2CC)C=C3)n1CC. The van der Waals surface area contributed by atoms with Crippen molar-refractivity contribution in [1.82, 2.24) is 19.5 Å². The van der Waals surface area contributed by atoms with Gasteiger partial charge in [0, 0.05) is 45.4 Å². The van der Waals surface area contributed by atoms with Crippen molar-refractivity contribution in [2.75, 3.05) is 0 Å². The lowest BCUT2D eigenvalue weighted by Gasteiger charge is -2.12. The first kappa shape index (κ1) is 30.6. The predicted octanol–water partition coefficient (Wildman–Crippen LogP) is 9.75. The Morgan fingerprint density at radius 1 is 0.628 bits per heavy atom. The number of H-pyrrole nitrogens is 1. The number of hydrogen-bond donors (Lipinski definition) is 2. The van der Waals surface area contributed by atoms with E-state index in [1.165, 1.54) is 50.7 Å². The van der Waals surface area contributed by atoms with Crippen LogP contribution in [-0.4, -0.2) is 24.6 Å². The van der Waals surface area contributed by atoms with Gasteiger partial charge in [-0.1, -0.05) is 48.5 Å². The molecule has 3 aromatic heterocycles. The van der Waals surface area contributed by atoms with Gasteiger partial charge in [0.15, 0.2) is 0 Å². The van der Waals surface area contributed by atoms with Crippen molar-refractivity contribution < 1.29 is 5.11 Å². The first-order valence-electron chi connectivity index (χ1n) is 16.5. The largest absolute Gasteiger partial charge is 0.516 e. The zero-order chi connectivity index (χ0) is 30.8. The first-order valence-corrected chi connectivity index (χ1v) is 16.5. The van der Waals surface area contributed by atoms with E-state index in [0.29, 0.717) is 0 Å². The molecule has 2 aliphatic heterocycles. The van der Waals surface area contributed by atoms with Crippen molar-refractivity contribution in [2.45, 2.75) is 107 Å². The van der Waals surface area contributed by atoms with Gasteiger partial charge >= 0.3 is 0 Å². The van der Waals surface area contributed by atoms with Gasteiger partial charge < -0.3 is 14.7 Å². The maximum absolute atomic E-state index is 10.1. The molecule has 0 spiro atoms. The van der Waals surface area contributed by atoms with Crippen LogP contribution >= 0.6 is 0 Å². The molecule has 5 rings (SSSR count). The minimum absolute atomic E-state index is 0.817. The molecule has 0 aliphatic carbocycles. The van der Waals surface area contributed by atoms with Crippen molar-refractivity contribution in [3.05, 3.63) is 80.6 Å². The zero-order valence-corrected chi connectivity index (χ0v) is 27.4. The van der Waals surface area contributed by atoms with Gasteiger partial charge in [0.2, 0.25) is 0 Å². The third-order valence-corrected chi connectivity index (χ3v) is 9.34. The number of aryl methyl sites for hydroxylation is 7. The summed E-state index contributed by atoms with van der Waals surface area (Å²) in [6, 6.07) is 4.37. The Balaban J connectivity index is 2.20. The second-order valence-corrected chi connectivity index (χ2v) is 11.3. The molecule has 3 aromatic rings. The number of aromatic amines is 1. The summed E-state index contributed by atoms with van der Waals surface area (Å²) in [5.41, 5.74) is 19.0. The quantitative estimate of drug-likeness (QED) is 0.195. The van der Waals surface area contributed by atoms with E-state index in [0.717, 1.165) is 96.4 Å². The Kier molecular flexibility index (Phi) is 9.10. The van der Waals surface area contributed by atoms with Crippen LogP contribution in [0.4, 0.5) is 0 Å². The number of rotatable bonds is 9. The summed E-state index contributed by atoms with van der Waals surface area (Å²) in [6.07, 6.45) is 13.7. The average molecular weight is 577 g/mol. The molecule has 5 heterocycles. The third-order valence-electron chi connectivity index (χ3n) is 9.34. The van der Waals surface area contributed by atoms with Gasteiger partial charge in [-0.3, -0.25) is 0 Å². The molecular formula is C38H48N4O. The van der Waals surface area contributed by atoms with Gasteiger partial charge in [0.05, 0.1) is 40.1 Å². The number of nitrogens with zero attached hydrogens (tertiary/aromatic N) is 3.